The highest BCUT2D eigenvalue weighted by Crippen LogP contribution is 2.47. The fourth-order valence-corrected chi connectivity index (χ4v) is 4.17. The zero-order chi connectivity index (χ0) is 18.3. The van der Waals surface area contributed by atoms with Crippen molar-refractivity contribution in [1.29, 1.82) is 0 Å². The molecule has 26 heavy (non-hydrogen) atoms. The minimum atomic E-state index is -0.451. The molecule has 1 fully saturated rings. The van der Waals surface area contributed by atoms with Crippen molar-refractivity contribution in [2.45, 2.75) is 31.1 Å². The van der Waals surface area contributed by atoms with Crippen molar-refractivity contribution in [3.05, 3.63) is 64.2 Å². The molecule has 4 rings (SSSR count). The van der Waals surface area contributed by atoms with Gasteiger partial charge in [-0.25, -0.2) is 4.79 Å². The van der Waals surface area contributed by atoms with E-state index in [9.17, 15) is 9.59 Å². The lowest BCUT2D eigenvalue weighted by molar-refractivity contribution is -0.127. The molecule has 0 aromatic heterocycles. The van der Waals surface area contributed by atoms with Crippen LogP contribution >= 0.6 is 11.6 Å². The zero-order valence-corrected chi connectivity index (χ0v) is 15.4. The largest absolute Gasteiger partial charge is 0.465 e. The SMILES string of the molecule is COC(=O)c1ccc2c(c1)CCN2C(=O)C1(c2ccc(Cl)cc2)CCC1. The van der Waals surface area contributed by atoms with Gasteiger partial charge in [0.1, 0.15) is 0 Å². The van der Waals surface area contributed by atoms with Crippen LogP contribution in [0, 0.1) is 0 Å². The van der Waals surface area contributed by atoms with Gasteiger partial charge in [0, 0.05) is 17.3 Å². The fourth-order valence-electron chi connectivity index (χ4n) is 4.04. The summed E-state index contributed by atoms with van der Waals surface area (Å²) in [7, 11) is 1.37. The lowest BCUT2D eigenvalue weighted by Crippen LogP contribution is -2.50. The maximum atomic E-state index is 13.5. The molecule has 1 heterocycles. The van der Waals surface area contributed by atoms with E-state index in [2.05, 4.69) is 0 Å². The number of nitrogens with zero attached hydrogens (tertiary/aromatic N) is 1. The number of methoxy groups -OCH3 is 1. The Bertz CT molecular complexity index is 871. The molecule has 0 N–H and O–H groups in total. The van der Waals surface area contributed by atoms with E-state index >= 15 is 0 Å². The van der Waals surface area contributed by atoms with E-state index in [0.29, 0.717) is 17.1 Å². The molecule has 0 unspecified atom stereocenters. The Hall–Kier alpha value is -2.33. The quantitative estimate of drug-likeness (QED) is 0.764. The van der Waals surface area contributed by atoms with Crippen LogP contribution in [-0.4, -0.2) is 25.5 Å². The molecule has 4 nitrogen and oxygen atoms in total. The molecule has 0 bridgehead atoms. The van der Waals surface area contributed by atoms with Crippen LogP contribution in [0.3, 0.4) is 0 Å². The smallest absolute Gasteiger partial charge is 0.337 e. The van der Waals surface area contributed by atoms with Crippen LogP contribution < -0.4 is 4.90 Å². The minimum Gasteiger partial charge on any atom is -0.465 e. The first-order chi connectivity index (χ1) is 12.5. The third-order valence-electron chi connectivity index (χ3n) is 5.65. The van der Waals surface area contributed by atoms with E-state index in [0.717, 1.165) is 42.5 Å². The van der Waals surface area contributed by atoms with Gasteiger partial charge in [0.2, 0.25) is 5.91 Å². The molecule has 5 heteroatoms. The summed E-state index contributed by atoms with van der Waals surface area (Å²) in [5.41, 5.74) is 3.04. The number of hydrogen-bond donors (Lipinski definition) is 0. The molecule has 0 spiro atoms. The summed E-state index contributed by atoms with van der Waals surface area (Å²) in [5, 5.41) is 0.678. The van der Waals surface area contributed by atoms with Crippen LogP contribution in [-0.2, 0) is 21.4 Å². The number of fused-ring (bicyclic) bond motifs is 1. The first-order valence-corrected chi connectivity index (χ1v) is 9.22. The normalized spacial score (nSPS) is 17.4. The number of amides is 1. The van der Waals surface area contributed by atoms with E-state index < -0.39 is 5.41 Å². The number of esters is 1. The van der Waals surface area contributed by atoms with Gasteiger partial charge in [0.15, 0.2) is 0 Å². The van der Waals surface area contributed by atoms with Gasteiger partial charge in [-0.05, 0) is 60.7 Å². The van der Waals surface area contributed by atoms with Gasteiger partial charge in [0.25, 0.3) is 0 Å². The first kappa shape index (κ1) is 17.1. The molecule has 2 aromatic carbocycles. The van der Waals surface area contributed by atoms with Crippen LogP contribution in [0.5, 0.6) is 0 Å². The van der Waals surface area contributed by atoms with Gasteiger partial charge < -0.3 is 9.64 Å². The third kappa shape index (κ3) is 2.60. The van der Waals surface area contributed by atoms with Crippen LogP contribution in [0.4, 0.5) is 5.69 Å². The maximum absolute atomic E-state index is 13.5. The molecule has 0 radical (unpaired) electrons. The summed E-state index contributed by atoms with van der Waals surface area (Å²) >= 11 is 6.02. The van der Waals surface area contributed by atoms with Gasteiger partial charge in [-0.1, -0.05) is 30.2 Å². The number of carbonyl (C=O) groups is 2. The number of benzene rings is 2. The molecule has 0 atom stereocenters. The van der Waals surface area contributed by atoms with Crippen molar-refractivity contribution < 1.29 is 14.3 Å². The number of anilines is 1. The molecule has 1 saturated carbocycles. The van der Waals surface area contributed by atoms with Gasteiger partial charge in [-0.3, -0.25) is 4.79 Å². The van der Waals surface area contributed by atoms with Crippen LogP contribution in [0.1, 0.15) is 40.7 Å². The Morgan fingerprint density at radius 2 is 1.85 bits per heavy atom. The third-order valence-corrected chi connectivity index (χ3v) is 5.91. The van der Waals surface area contributed by atoms with E-state index in [4.69, 9.17) is 16.3 Å². The number of ether oxygens (including phenoxy) is 1. The highest BCUT2D eigenvalue weighted by atomic mass is 35.5. The predicted octanol–water partition coefficient (Wildman–Crippen LogP) is 4.14. The summed E-state index contributed by atoms with van der Waals surface area (Å²) < 4.78 is 4.79. The van der Waals surface area contributed by atoms with E-state index in [1.165, 1.54) is 7.11 Å². The lowest BCUT2D eigenvalue weighted by Gasteiger charge is -2.43. The van der Waals surface area contributed by atoms with Gasteiger partial charge in [-0.2, -0.15) is 0 Å². The zero-order valence-electron chi connectivity index (χ0n) is 14.6. The van der Waals surface area contributed by atoms with Gasteiger partial charge in [-0.15, -0.1) is 0 Å². The summed E-state index contributed by atoms with van der Waals surface area (Å²) in [6.07, 6.45) is 3.53. The predicted molar refractivity (Wildman–Crippen MR) is 101 cm³/mol. The molecule has 1 aliphatic carbocycles. The van der Waals surface area contributed by atoms with Crippen molar-refractivity contribution >= 4 is 29.2 Å². The Morgan fingerprint density at radius 3 is 2.46 bits per heavy atom. The molecule has 2 aliphatic rings. The Morgan fingerprint density at radius 1 is 1.12 bits per heavy atom. The fraction of sp³-hybridized carbons (Fsp3) is 0.333. The number of hydrogen-bond acceptors (Lipinski definition) is 3. The van der Waals surface area contributed by atoms with Crippen LogP contribution in [0.15, 0.2) is 42.5 Å². The average Bonchev–Trinajstić information content (AvgIpc) is 3.04. The number of halogens is 1. The van der Waals surface area contributed by atoms with Crippen molar-refractivity contribution in [2.75, 3.05) is 18.6 Å². The van der Waals surface area contributed by atoms with Crippen molar-refractivity contribution in [3.8, 4) is 0 Å². The number of carbonyl (C=O) groups excluding carboxylic acids is 2. The standard InChI is InChI=1S/C21H20ClNO3/c1-26-19(24)15-3-8-18-14(13-15)9-12-23(18)20(25)21(10-2-11-21)16-4-6-17(22)7-5-16/h3-8,13H,2,9-12H2,1H3. The van der Waals surface area contributed by atoms with Crippen LogP contribution in [0.25, 0.3) is 0 Å². The van der Waals surface area contributed by atoms with Gasteiger partial charge in [0.05, 0.1) is 18.1 Å². The van der Waals surface area contributed by atoms with Crippen LogP contribution in [0.2, 0.25) is 5.02 Å². The molecule has 1 aliphatic heterocycles. The second kappa shape index (κ2) is 6.44. The second-order valence-corrected chi connectivity index (χ2v) is 7.42. The maximum Gasteiger partial charge on any atom is 0.337 e. The molecular formula is C21H20ClNO3. The molecule has 134 valence electrons. The van der Waals surface area contributed by atoms with Crippen molar-refractivity contribution in [2.24, 2.45) is 0 Å². The summed E-state index contributed by atoms with van der Waals surface area (Å²) in [6.45, 7) is 0.647. The summed E-state index contributed by atoms with van der Waals surface area (Å²) in [6, 6.07) is 13.1. The topological polar surface area (TPSA) is 46.6 Å². The molecule has 0 saturated heterocycles. The lowest BCUT2D eigenvalue weighted by atomic mass is 9.63. The van der Waals surface area contributed by atoms with Crippen molar-refractivity contribution in [3.63, 3.8) is 0 Å². The Kier molecular flexibility index (Phi) is 4.23. The van der Waals surface area contributed by atoms with E-state index in [1.54, 1.807) is 6.07 Å². The van der Waals surface area contributed by atoms with Crippen molar-refractivity contribution in [1.82, 2.24) is 0 Å². The molecular weight excluding hydrogens is 350 g/mol. The highest BCUT2D eigenvalue weighted by molar-refractivity contribution is 6.30. The molecule has 1 amide bonds. The second-order valence-electron chi connectivity index (χ2n) is 6.98. The van der Waals surface area contributed by atoms with Gasteiger partial charge >= 0.3 is 5.97 Å². The minimum absolute atomic E-state index is 0.149. The van der Waals surface area contributed by atoms with E-state index in [1.807, 2.05) is 41.3 Å². The van der Waals surface area contributed by atoms with E-state index in [-0.39, 0.29) is 11.9 Å². The monoisotopic (exact) mass is 369 g/mol. The average molecular weight is 370 g/mol. The Labute approximate surface area is 157 Å². The summed E-state index contributed by atoms with van der Waals surface area (Å²) in [5.74, 6) is -0.204. The number of rotatable bonds is 3. The molecule has 2 aromatic rings. The highest BCUT2D eigenvalue weighted by Gasteiger charge is 2.48. The first-order valence-electron chi connectivity index (χ1n) is 8.84. The summed E-state index contributed by atoms with van der Waals surface area (Å²) in [4.78, 5) is 27.1. The Balaban J connectivity index is 1.66.